The molecule has 1 N–H and O–H groups in total. The number of morpholine rings is 1. The molecule has 3 saturated heterocycles. The lowest BCUT2D eigenvalue weighted by Gasteiger charge is -2.63. The molecule has 0 radical (unpaired) electrons. The smallest absolute Gasteiger partial charge is 0.323 e. The monoisotopic (exact) mass is 571 g/mol. The van der Waals surface area contributed by atoms with Crippen molar-refractivity contribution in [1.82, 2.24) is 4.90 Å². The summed E-state index contributed by atoms with van der Waals surface area (Å²) >= 11 is 0. The number of hydrogen-bond donors (Lipinski definition) is 1. The third kappa shape index (κ3) is 3.37. The topological polar surface area (TPSA) is 77.5 Å². The highest BCUT2D eigenvalue weighted by Crippen LogP contribution is 2.89. The number of aliphatic hydroxyl groups is 1. The van der Waals surface area contributed by atoms with Crippen LogP contribution in [-0.2, 0) is 23.7 Å². The second-order valence-electron chi connectivity index (χ2n) is 16.7. The zero-order valence-corrected chi connectivity index (χ0v) is 26.0. The van der Waals surface area contributed by atoms with Gasteiger partial charge in [0.1, 0.15) is 6.04 Å². The molecule has 8 fully saturated rings. The van der Waals surface area contributed by atoms with Gasteiger partial charge in [0.15, 0.2) is 6.29 Å². The van der Waals surface area contributed by atoms with Crippen molar-refractivity contribution in [2.45, 2.75) is 123 Å². The third-order valence-electron chi connectivity index (χ3n) is 15.4. The Hall–Kier alpha value is -0.730. The van der Waals surface area contributed by atoms with Crippen LogP contribution in [0.2, 0.25) is 0 Å². The second kappa shape index (κ2) is 8.93. The number of aliphatic hydroxyl groups excluding tert-OH is 1. The minimum absolute atomic E-state index is 0.0121. The van der Waals surface area contributed by atoms with E-state index in [2.05, 4.69) is 39.5 Å². The molecule has 5 saturated carbocycles. The van der Waals surface area contributed by atoms with Gasteiger partial charge in [0.25, 0.3) is 0 Å². The first-order valence-corrected chi connectivity index (χ1v) is 17.0. The molecule has 0 amide bonds. The number of hydrogen-bond acceptors (Lipinski definition) is 7. The fourth-order valence-corrected chi connectivity index (χ4v) is 13.4. The second-order valence-corrected chi connectivity index (χ2v) is 16.7. The van der Waals surface area contributed by atoms with Crippen molar-refractivity contribution in [3.05, 3.63) is 0 Å². The molecule has 0 aromatic rings. The molecule has 0 aromatic heterocycles. The van der Waals surface area contributed by atoms with Crippen LogP contribution in [0.4, 0.5) is 0 Å². The fourth-order valence-electron chi connectivity index (χ4n) is 13.4. The highest BCUT2D eigenvalue weighted by atomic mass is 16.7. The standard InChI is InChI=1S/C34H53NO6/c1-20-9-15-39-27-26(20)31(4)12-13-34-19-33(34)11-8-24(30(2,3)22(33)6-7-23(34)32(31,5)28(27)36)41-25-18-35(14-17-38-25)21-10-16-40-29(21)37/h20-28,36H,6-19H2,1-5H3/t20-,21?,22+,23?,24?,25?,26?,27?,28+,31?,32-,33?,34?/m1/s1. The Morgan fingerprint density at radius 3 is 2.46 bits per heavy atom. The number of cyclic esters (lactones) is 1. The van der Waals surface area contributed by atoms with Crippen molar-refractivity contribution in [3.8, 4) is 0 Å². The van der Waals surface area contributed by atoms with E-state index in [9.17, 15) is 9.90 Å². The van der Waals surface area contributed by atoms with Crippen molar-refractivity contribution in [3.63, 3.8) is 0 Å². The lowest BCUT2D eigenvalue weighted by molar-refractivity contribution is -0.250. The van der Waals surface area contributed by atoms with Crippen molar-refractivity contribution in [1.29, 1.82) is 0 Å². The molecule has 8 aliphatic rings. The number of carbonyl (C=O) groups excluding carboxylic acids is 1. The molecule has 3 aliphatic heterocycles. The van der Waals surface area contributed by atoms with Crippen LogP contribution in [0.1, 0.15) is 92.4 Å². The summed E-state index contributed by atoms with van der Waals surface area (Å²) in [7, 11) is 0. The van der Waals surface area contributed by atoms with Crippen LogP contribution in [-0.4, -0.2) is 79.5 Å². The van der Waals surface area contributed by atoms with Crippen LogP contribution in [0.25, 0.3) is 0 Å². The fraction of sp³-hybridized carbons (Fsp3) is 0.971. The summed E-state index contributed by atoms with van der Waals surface area (Å²) in [5, 5.41) is 12.1. The molecule has 41 heavy (non-hydrogen) atoms. The van der Waals surface area contributed by atoms with Crippen LogP contribution in [0.5, 0.6) is 0 Å². The highest BCUT2D eigenvalue weighted by molar-refractivity contribution is 5.77. The van der Waals surface area contributed by atoms with Crippen LogP contribution in [0.3, 0.4) is 0 Å². The van der Waals surface area contributed by atoms with Gasteiger partial charge in [-0.1, -0.05) is 34.6 Å². The van der Waals surface area contributed by atoms with Crippen LogP contribution < -0.4 is 0 Å². The molecule has 230 valence electrons. The van der Waals surface area contributed by atoms with Gasteiger partial charge >= 0.3 is 5.97 Å². The summed E-state index contributed by atoms with van der Waals surface area (Å²) in [6, 6.07) is -0.143. The lowest BCUT2D eigenvalue weighted by atomic mass is 9.41. The maximum atomic E-state index is 12.2. The molecule has 7 nitrogen and oxygen atoms in total. The normalized spacial score (nSPS) is 57.5. The van der Waals surface area contributed by atoms with Gasteiger partial charge in [0.2, 0.25) is 0 Å². The van der Waals surface area contributed by atoms with E-state index < -0.39 is 0 Å². The summed E-state index contributed by atoms with van der Waals surface area (Å²) in [4.78, 5) is 14.5. The molecular weight excluding hydrogens is 518 g/mol. The molecule has 5 aliphatic carbocycles. The van der Waals surface area contributed by atoms with Gasteiger partial charge in [0, 0.05) is 25.0 Å². The highest BCUT2D eigenvalue weighted by Gasteiger charge is 2.84. The van der Waals surface area contributed by atoms with Crippen molar-refractivity contribution in [2.75, 3.05) is 32.9 Å². The molecule has 8 rings (SSSR count). The maximum absolute atomic E-state index is 12.2. The van der Waals surface area contributed by atoms with E-state index in [0.29, 0.717) is 54.3 Å². The Labute approximate surface area is 246 Å². The van der Waals surface area contributed by atoms with Gasteiger partial charge < -0.3 is 24.1 Å². The Kier molecular flexibility index (Phi) is 6.05. The molecule has 0 aromatic carbocycles. The van der Waals surface area contributed by atoms with Gasteiger partial charge in [-0.05, 0) is 96.7 Å². The Morgan fingerprint density at radius 2 is 1.68 bits per heavy atom. The molecular formula is C34H53NO6. The number of nitrogens with zero attached hydrogens (tertiary/aromatic N) is 1. The zero-order chi connectivity index (χ0) is 28.6. The number of ether oxygens (including phenoxy) is 4. The Balaban J connectivity index is 1.02. The predicted molar refractivity (Wildman–Crippen MR) is 153 cm³/mol. The minimum Gasteiger partial charge on any atom is -0.464 e. The van der Waals surface area contributed by atoms with Gasteiger partial charge in [-0.25, -0.2) is 0 Å². The van der Waals surface area contributed by atoms with Crippen molar-refractivity contribution in [2.24, 2.45) is 50.7 Å². The quantitative estimate of drug-likeness (QED) is 0.488. The van der Waals surface area contributed by atoms with Crippen molar-refractivity contribution < 1.29 is 28.8 Å². The summed E-state index contributed by atoms with van der Waals surface area (Å²) in [5.41, 5.74) is 0.884. The third-order valence-corrected chi connectivity index (χ3v) is 15.4. The van der Waals surface area contributed by atoms with Gasteiger partial charge in [-0.15, -0.1) is 0 Å². The van der Waals surface area contributed by atoms with Crippen LogP contribution in [0, 0.1) is 50.7 Å². The molecule has 0 bridgehead atoms. The lowest BCUT2D eigenvalue weighted by Crippen LogP contribution is -2.60. The number of carbonyl (C=O) groups is 1. The first-order valence-electron chi connectivity index (χ1n) is 17.0. The predicted octanol–water partition coefficient (Wildman–Crippen LogP) is 4.79. The van der Waals surface area contributed by atoms with Gasteiger partial charge in [-0.2, -0.15) is 0 Å². The summed E-state index contributed by atoms with van der Waals surface area (Å²) < 4.78 is 24.6. The van der Waals surface area contributed by atoms with E-state index in [1.807, 2.05) is 0 Å². The SMILES string of the molecule is C[C@@H]1CCOC2C1C1(C)CCC34CC35CCC(OC3CN(C6CCOC6=O)CCO3)C(C)(C)[C@@H]5CCC4[C@]1(C)[C@H]2O. The zero-order valence-electron chi connectivity index (χ0n) is 26.0. The van der Waals surface area contributed by atoms with E-state index in [4.69, 9.17) is 18.9 Å². The average Bonchev–Trinajstić information content (AvgIpc) is 3.34. The molecule has 13 atom stereocenters. The van der Waals surface area contributed by atoms with Crippen LogP contribution >= 0.6 is 0 Å². The Bertz CT molecular complexity index is 1100. The van der Waals surface area contributed by atoms with Crippen LogP contribution in [0.15, 0.2) is 0 Å². The van der Waals surface area contributed by atoms with E-state index in [-0.39, 0.29) is 52.9 Å². The van der Waals surface area contributed by atoms with E-state index in [1.165, 1.54) is 38.5 Å². The van der Waals surface area contributed by atoms with Gasteiger partial charge in [0.05, 0.1) is 38.1 Å². The number of fused-ring (bicyclic) bond motifs is 4. The average molecular weight is 572 g/mol. The summed E-state index contributed by atoms with van der Waals surface area (Å²) in [6.45, 7) is 15.7. The summed E-state index contributed by atoms with van der Waals surface area (Å²) in [6.07, 6.45) is 10.1. The van der Waals surface area contributed by atoms with E-state index in [1.54, 1.807) is 0 Å². The summed E-state index contributed by atoms with van der Waals surface area (Å²) in [5.74, 6) is 2.22. The first-order chi connectivity index (χ1) is 19.5. The molecule has 7 heteroatoms. The van der Waals surface area contributed by atoms with Crippen molar-refractivity contribution >= 4 is 5.97 Å². The largest absolute Gasteiger partial charge is 0.464 e. The molecule has 3 heterocycles. The first kappa shape index (κ1) is 27.8. The van der Waals surface area contributed by atoms with E-state index >= 15 is 0 Å². The van der Waals surface area contributed by atoms with E-state index in [0.717, 1.165) is 32.4 Å². The molecule has 9 unspecified atom stereocenters. The maximum Gasteiger partial charge on any atom is 0.323 e. The number of esters is 1. The number of rotatable bonds is 3. The Morgan fingerprint density at radius 1 is 0.902 bits per heavy atom. The molecule has 2 spiro atoms. The minimum atomic E-state index is -0.354. The van der Waals surface area contributed by atoms with Gasteiger partial charge in [-0.3, -0.25) is 9.69 Å².